The Morgan fingerprint density at radius 2 is 1.77 bits per heavy atom. The van der Waals surface area contributed by atoms with E-state index >= 15 is 4.39 Å². The van der Waals surface area contributed by atoms with Gasteiger partial charge in [0, 0.05) is 17.3 Å². The van der Waals surface area contributed by atoms with Gasteiger partial charge in [-0.15, -0.1) is 0 Å². The summed E-state index contributed by atoms with van der Waals surface area (Å²) >= 11 is 0. The van der Waals surface area contributed by atoms with Crippen molar-refractivity contribution < 1.29 is 47.0 Å². The van der Waals surface area contributed by atoms with Gasteiger partial charge in [-0.2, -0.15) is 5.09 Å². The van der Waals surface area contributed by atoms with E-state index < -0.39 is 74.7 Å². The van der Waals surface area contributed by atoms with Gasteiger partial charge in [-0.3, -0.25) is 23.8 Å². The molecule has 6 atom stereocenters. The van der Waals surface area contributed by atoms with E-state index in [4.69, 9.17) is 18.5 Å². The molecule has 234 valence electrons. The number of carbonyl (C=O) groups excluding carboxylic acids is 3. The van der Waals surface area contributed by atoms with Gasteiger partial charge in [0.2, 0.25) is 5.91 Å². The number of allylic oxidation sites excluding steroid dienone is 1. The van der Waals surface area contributed by atoms with E-state index in [1.165, 1.54) is 19.1 Å². The lowest BCUT2D eigenvalue weighted by molar-refractivity contribution is -0.150. The van der Waals surface area contributed by atoms with Crippen LogP contribution in [0.1, 0.15) is 45.2 Å². The first-order chi connectivity index (χ1) is 20.8. The van der Waals surface area contributed by atoms with Crippen molar-refractivity contribution >= 4 is 25.4 Å². The Morgan fingerprint density at radius 3 is 2.39 bits per heavy atom. The average molecular weight is 629 g/mol. The molecule has 0 radical (unpaired) electrons. The third-order valence-corrected chi connectivity index (χ3v) is 8.32. The van der Waals surface area contributed by atoms with Crippen LogP contribution in [0.3, 0.4) is 0 Å². The Hall–Kier alpha value is -3.85. The van der Waals surface area contributed by atoms with E-state index in [0.29, 0.717) is 5.56 Å². The van der Waals surface area contributed by atoms with Crippen molar-refractivity contribution in [2.75, 3.05) is 6.61 Å². The normalized spacial score (nSPS) is 25.2. The summed E-state index contributed by atoms with van der Waals surface area (Å²) < 4.78 is 51.7. The van der Waals surface area contributed by atoms with Crippen LogP contribution in [0, 0.1) is 11.8 Å². The van der Waals surface area contributed by atoms with Crippen molar-refractivity contribution in [2.24, 2.45) is 0 Å². The fraction of sp³-hybridized carbons (Fsp3) is 0.387. The molecule has 1 saturated heterocycles. The van der Waals surface area contributed by atoms with Gasteiger partial charge in [-0.1, -0.05) is 30.0 Å². The molecule has 2 aromatic carbocycles. The van der Waals surface area contributed by atoms with Gasteiger partial charge in [0.15, 0.2) is 17.7 Å². The second-order valence-electron chi connectivity index (χ2n) is 10.7. The molecule has 1 fully saturated rings. The lowest BCUT2D eigenvalue weighted by atomic mass is 9.97. The van der Waals surface area contributed by atoms with Crippen molar-refractivity contribution in [3.63, 3.8) is 0 Å². The highest BCUT2D eigenvalue weighted by Crippen LogP contribution is 2.47. The third-order valence-electron chi connectivity index (χ3n) is 6.67. The van der Waals surface area contributed by atoms with Gasteiger partial charge in [-0.25, -0.2) is 8.96 Å². The van der Waals surface area contributed by atoms with E-state index in [9.17, 15) is 24.1 Å². The van der Waals surface area contributed by atoms with Gasteiger partial charge in [0.1, 0.15) is 24.0 Å². The van der Waals surface area contributed by atoms with Crippen LogP contribution in [-0.4, -0.2) is 70.5 Å². The summed E-state index contributed by atoms with van der Waals surface area (Å²) in [5, 5.41) is 13.2. The molecule has 0 spiro atoms. The molecule has 13 heteroatoms. The minimum absolute atomic E-state index is 0.102. The van der Waals surface area contributed by atoms with Gasteiger partial charge in [0.05, 0.1) is 19.1 Å². The summed E-state index contributed by atoms with van der Waals surface area (Å²) in [4.78, 5) is 37.3. The third kappa shape index (κ3) is 8.20. The molecule has 0 bridgehead atoms. The van der Waals surface area contributed by atoms with Crippen LogP contribution < -0.4 is 9.61 Å². The van der Waals surface area contributed by atoms with Crippen LogP contribution in [0.25, 0.3) is 0 Å². The summed E-state index contributed by atoms with van der Waals surface area (Å²) in [6.07, 6.45) is -3.51. The molecule has 11 nitrogen and oxygen atoms in total. The molecule has 1 unspecified atom stereocenters. The second-order valence-corrected chi connectivity index (χ2v) is 12.4. The summed E-state index contributed by atoms with van der Waals surface area (Å²) in [6.45, 7) is 5.10. The molecule has 2 aromatic rings. The Morgan fingerprint density at radius 1 is 1.14 bits per heavy atom. The SMILES string of the molecule is CC(C)OC(=O)[C@H](C)NP(=O)(OC[C@H]1O[C@@H](N2C=CC(=O)CC2=O)[C@](C)(F)[C@@H]1O)Oc1ccc(C#Cc2ccccc2)cc1. The van der Waals surface area contributed by atoms with E-state index in [-0.39, 0.29) is 5.75 Å². The summed E-state index contributed by atoms with van der Waals surface area (Å²) in [5.41, 5.74) is -0.996. The van der Waals surface area contributed by atoms with E-state index in [2.05, 4.69) is 16.9 Å². The smallest absolute Gasteiger partial charge is 0.459 e. The maximum atomic E-state index is 15.7. The van der Waals surface area contributed by atoms with Gasteiger partial charge in [-0.05, 0) is 70.2 Å². The van der Waals surface area contributed by atoms with Crippen LogP contribution in [-0.2, 0) is 32.9 Å². The first-order valence-electron chi connectivity index (χ1n) is 13.9. The Labute approximate surface area is 254 Å². The number of esters is 1. The molecule has 1 amide bonds. The molecular formula is C31H34FN2O9P. The zero-order chi connectivity index (χ0) is 32.1. The number of ketones is 1. The lowest BCUT2D eigenvalue weighted by Crippen LogP contribution is -2.51. The zero-order valence-corrected chi connectivity index (χ0v) is 25.5. The number of amides is 1. The molecule has 0 aromatic heterocycles. The molecule has 44 heavy (non-hydrogen) atoms. The maximum absolute atomic E-state index is 15.7. The molecule has 4 rings (SSSR count). The number of alkyl halides is 1. The Kier molecular flexibility index (Phi) is 10.4. The number of nitrogens with one attached hydrogen (secondary N) is 1. The predicted octanol–water partition coefficient (Wildman–Crippen LogP) is 3.65. The van der Waals surface area contributed by atoms with Crippen molar-refractivity contribution in [2.45, 2.75) is 70.4 Å². The molecule has 2 heterocycles. The highest BCUT2D eigenvalue weighted by molar-refractivity contribution is 7.52. The van der Waals surface area contributed by atoms with Crippen molar-refractivity contribution in [3.8, 4) is 17.6 Å². The molecule has 2 N–H and O–H groups in total. The second kappa shape index (κ2) is 13.8. The quantitative estimate of drug-likeness (QED) is 0.173. The number of hydrogen-bond acceptors (Lipinski definition) is 9. The van der Waals surface area contributed by atoms with Crippen LogP contribution >= 0.6 is 7.75 Å². The summed E-state index contributed by atoms with van der Waals surface area (Å²) in [6, 6.07) is 14.5. The number of halogens is 1. The van der Waals surface area contributed by atoms with Crippen LogP contribution in [0.15, 0.2) is 66.9 Å². The fourth-order valence-electron chi connectivity index (χ4n) is 4.39. The van der Waals surface area contributed by atoms with Gasteiger partial charge < -0.3 is 19.1 Å². The fourth-order valence-corrected chi connectivity index (χ4v) is 5.90. The number of aliphatic hydroxyl groups is 1. The highest BCUT2D eigenvalue weighted by atomic mass is 31.2. The molecular weight excluding hydrogens is 594 g/mol. The van der Waals surface area contributed by atoms with Crippen LogP contribution in [0.2, 0.25) is 0 Å². The summed E-state index contributed by atoms with van der Waals surface area (Å²) in [5.74, 6) is 4.27. The summed E-state index contributed by atoms with van der Waals surface area (Å²) in [7, 11) is -4.41. The average Bonchev–Trinajstić information content (AvgIpc) is 3.19. The molecule has 2 aliphatic heterocycles. The Bertz CT molecular complexity index is 1500. The van der Waals surface area contributed by atoms with Gasteiger partial charge in [0.25, 0.3) is 0 Å². The Balaban J connectivity index is 1.50. The number of hydrogen-bond donors (Lipinski definition) is 2. The minimum Gasteiger partial charge on any atom is -0.462 e. The first kappa shape index (κ1) is 33.1. The monoisotopic (exact) mass is 628 g/mol. The standard InChI is InChI=1S/C31H34FN2O9P/c1-20(2)41-29(38)21(3)33-44(39,43-25-14-12-23(13-15-25)11-10-22-8-6-5-7-9-22)40-19-26-28(37)31(4,32)30(42-26)34-17-16-24(35)18-27(34)36/h5-9,12-17,20-21,26,28,30,37H,18-19H2,1-4H3,(H,33,39)/t21-,26+,28+,30+,31+,44?/m0/s1. The van der Waals surface area contributed by atoms with Crippen LogP contribution in [0.4, 0.5) is 4.39 Å². The van der Waals surface area contributed by atoms with Crippen molar-refractivity contribution in [1.82, 2.24) is 9.99 Å². The topological polar surface area (TPSA) is 141 Å². The van der Waals surface area contributed by atoms with E-state index in [1.54, 1.807) is 26.0 Å². The van der Waals surface area contributed by atoms with Crippen molar-refractivity contribution in [3.05, 3.63) is 78.0 Å². The zero-order valence-electron chi connectivity index (χ0n) is 24.6. The number of ether oxygens (including phenoxy) is 2. The highest BCUT2D eigenvalue weighted by Gasteiger charge is 2.57. The molecule has 2 aliphatic rings. The van der Waals surface area contributed by atoms with Crippen molar-refractivity contribution in [1.29, 1.82) is 0 Å². The van der Waals surface area contributed by atoms with E-state index in [0.717, 1.165) is 29.7 Å². The number of rotatable bonds is 10. The molecule has 0 aliphatic carbocycles. The molecule has 0 saturated carbocycles. The van der Waals surface area contributed by atoms with Gasteiger partial charge >= 0.3 is 13.7 Å². The lowest BCUT2D eigenvalue weighted by Gasteiger charge is -2.32. The largest absolute Gasteiger partial charge is 0.462 e. The number of carbonyl (C=O) groups is 3. The number of aliphatic hydroxyl groups excluding tert-OH is 1. The minimum atomic E-state index is -4.41. The number of benzene rings is 2. The van der Waals surface area contributed by atoms with E-state index in [1.807, 2.05) is 30.3 Å². The van der Waals surface area contributed by atoms with Crippen LogP contribution in [0.5, 0.6) is 5.75 Å². The number of nitrogens with zero attached hydrogens (tertiary/aromatic N) is 1. The first-order valence-corrected chi connectivity index (χ1v) is 15.5. The predicted molar refractivity (Wildman–Crippen MR) is 157 cm³/mol. The maximum Gasteiger partial charge on any atom is 0.459 e.